The summed E-state index contributed by atoms with van der Waals surface area (Å²) < 4.78 is 0. The van der Waals surface area contributed by atoms with Gasteiger partial charge in [0.15, 0.2) is 0 Å². The molecule has 2 bridgehead atoms. The highest BCUT2D eigenvalue weighted by molar-refractivity contribution is 5.81. The van der Waals surface area contributed by atoms with Crippen molar-refractivity contribution in [2.45, 2.75) is 50.7 Å². The van der Waals surface area contributed by atoms with E-state index in [4.69, 9.17) is 0 Å². The summed E-state index contributed by atoms with van der Waals surface area (Å²) in [5, 5.41) is 0. The lowest BCUT2D eigenvalue weighted by Crippen LogP contribution is -2.44. The van der Waals surface area contributed by atoms with Gasteiger partial charge in [-0.2, -0.15) is 0 Å². The zero-order valence-electron chi connectivity index (χ0n) is 10.3. The summed E-state index contributed by atoms with van der Waals surface area (Å²) in [5.41, 5.74) is 1.37. The average molecular weight is 229 g/mol. The minimum Gasteiger partial charge on any atom is -0.300 e. The first-order valence-electron chi connectivity index (χ1n) is 6.60. The van der Waals surface area contributed by atoms with Crippen molar-refractivity contribution >= 4 is 5.78 Å². The van der Waals surface area contributed by atoms with Gasteiger partial charge in [0.05, 0.1) is 0 Å². The van der Waals surface area contributed by atoms with Gasteiger partial charge < -0.3 is 0 Å². The van der Waals surface area contributed by atoms with Crippen molar-refractivity contribution in [3.63, 3.8) is 0 Å². The highest BCUT2D eigenvalue weighted by Crippen LogP contribution is 2.39. The molecule has 2 heterocycles. The number of hydrogen-bond donors (Lipinski definition) is 0. The Labute approximate surface area is 103 Å². The lowest BCUT2D eigenvalue weighted by Gasteiger charge is -2.38. The van der Waals surface area contributed by atoms with E-state index >= 15 is 0 Å². The summed E-state index contributed by atoms with van der Waals surface area (Å²) in [4.78, 5) is 14.2. The van der Waals surface area contributed by atoms with E-state index in [0.717, 1.165) is 12.8 Å². The third-order valence-electron chi connectivity index (χ3n) is 4.33. The van der Waals surface area contributed by atoms with Crippen LogP contribution >= 0.6 is 0 Å². The summed E-state index contributed by atoms with van der Waals surface area (Å²) in [6.07, 6.45) is 3.95. The minimum absolute atomic E-state index is 0.446. The molecule has 0 radical (unpaired) electrons. The maximum atomic E-state index is 11.6. The number of carbonyl (C=O) groups excluding carboxylic acids is 1. The van der Waals surface area contributed by atoms with Crippen molar-refractivity contribution in [3.8, 4) is 0 Å². The second-order valence-electron chi connectivity index (χ2n) is 5.37. The highest BCUT2D eigenvalue weighted by Gasteiger charge is 2.42. The van der Waals surface area contributed by atoms with Crippen LogP contribution in [0.15, 0.2) is 30.3 Å². The Morgan fingerprint density at radius 2 is 1.71 bits per heavy atom. The molecule has 0 unspecified atom stereocenters. The van der Waals surface area contributed by atoms with E-state index in [1.165, 1.54) is 18.4 Å². The van der Waals surface area contributed by atoms with Crippen molar-refractivity contribution in [3.05, 3.63) is 35.9 Å². The van der Waals surface area contributed by atoms with E-state index in [9.17, 15) is 4.79 Å². The summed E-state index contributed by atoms with van der Waals surface area (Å²) in [5.74, 6) is 0.467. The first-order valence-corrected chi connectivity index (χ1v) is 6.60. The molecule has 2 fully saturated rings. The van der Waals surface area contributed by atoms with Gasteiger partial charge in [0, 0.05) is 31.0 Å². The van der Waals surface area contributed by atoms with Crippen molar-refractivity contribution < 1.29 is 4.79 Å². The van der Waals surface area contributed by atoms with Crippen LogP contribution < -0.4 is 0 Å². The summed E-state index contributed by atoms with van der Waals surface area (Å²) >= 11 is 0. The van der Waals surface area contributed by atoms with Gasteiger partial charge in [-0.1, -0.05) is 30.3 Å². The number of fused-ring (bicyclic) bond motifs is 2. The highest BCUT2D eigenvalue weighted by atomic mass is 16.1. The van der Waals surface area contributed by atoms with Gasteiger partial charge in [-0.25, -0.2) is 0 Å². The second kappa shape index (κ2) is 4.26. The number of nitrogens with zero attached hydrogens (tertiary/aromatic N) is 1. The Balaban J connectivity index is 1.84. The smallest absolute Gasteiger partial charge is 0.136 e. The number of benzene rings is 1. The quantitative estimate of drug-likeness (QED) is 0.777. The van der Waals surface area contributed by atoms with Gasteiger partial charge in [-0.3, -0.25) is 9.69 Å². The summed E-state index contributed by atoms with van der Waals surface area (Å²) in [6, 6.07) is 12.1. The van der Waals surface area contributed by atoms with Crippen LogP contribution in [0.25, 0.3) is 0 Å². The number of hydrogen-bond acceptors (Lipinski definition) is 2. The molecule has 0 N–H and O–H groups in total. The van der Waals surface area contributed by atoms with Crippen LogP contribution in [-0.2, 0) is 4.79 Å². The fourth-order valence-corrected chi connectivity index (χ4v) is 3.54. The fraction of sp³-hybridized carbons (Fsp3) is 0.533. The molecule has 2 heteroatoms. The normalized spacial score (nSPS) is 30.5. The van der Waals surface area contributed by atoms with Gasteiger partial charge in [0.2, 0.25) is 0 Å². The predicted molar refractivity (Wildman–Crippen MR) is 67.7 cm³/mol. The molecule has 0 amide bonds. The summed E-state index contributed by atoms with van der Waals surface area (Å²) in [6.45, 7) is 2.27. The van der Waals surface area contributed by atoms with E-state index in [2.05, 4.69) is 42.2 Å². The maximum Gasteiger partial charge on any atom is 0.136 e. The van der Waals surface area contributed by atoms with Gasteiger partial charge >= 0.3 is 0 Å². The first-order chi connectivity index (χ1) is 8.25. The Bertz CT molecular complexity index is 398. The van der Waals surface area contributed by atoms with Crippen LogP contribution in [0.2, 0.25) is 0 Å². The molecule has 90 valence electrons. The Hall–Kier alpha value is -1.15. The van der Waals surface area contributed by atoms with Crippen molar-refractivity contribution in [1.82, 2.24) is 4.90 Å². The molecule has 1 aromatic rings. The van der Waals surface area contributed by atoms with Gasteiger partial charge in [0.25, 0.3) is 0 Å². The van der Waals surface area contributed by atoms with Crippen LogP contribution in [-0.4, -0.2) is 22.8 Å². The van der Waals surface area contributed by atoms with Crippen LogP contribution in [0, 0.1) is 0 Å². The Kier molecular flexibility index (Phi) is 2.75. The molecule has 2 saturated heterocycles. The van der Waals surface area contributed by atoms with Crippen molar-refractivity contribution in [1.29, 1.82) is 0 Å². The Morgan fingerprint density at radius 3 is 2.29 bits per heavy atom. The molecule has 0 aliphatic carbocycles. The van der Waals surface area contributed by atoms with E-state index in [1.54, 1.807) is 0 Å². The predicted octanol–water partition coefficient (Wildman–Crippen LogP) is 2.94. The number of ketones is 1. The largest absolute Gasteiger partial charge is 0.300 e. The lowest BCUT2D eigenvalue weighted by atomic mass is 9.96. The van der Waals surface area contributed by atoms with Crippen molar-refractivity contribution in [2.75, 3.05) is 0 Å². The average Bonchev–Trinajstić information content (AvgIpc) is 2.62. The topological polar surface area (TPSA) is 20.3 Å². The summed E-state index contributed by atoms with van der Waals surface area (Å²) in [7, 11) is 0. The monoisotopic (exact) mass is 229 g/mol. The number of piperidine rings is 1. The van der Waals surface area contributed by atoms with Crippen LogP contribution in [0.5, 0.6) is 0 Å². The van der Waals surface area contributed by atoms with Gasteiger partial charge in [-0.15, -0.1) is 0 Å². The Morgan fingerprint density at radius 1 is 1.12 bits per heavy atom. The molecular weight excluding hydrogens is 210 g/mol. The van der Waals surface area contributed by atoms with Crippen molar-refractivity contribution in [2.24, 2.45) is 0 Å². The zero-order valence-corrected chi connectivity index (χ0v) is 10.3. The molecule has 0 aromatic heterocycles. The molecule has 1 aromatic carbocycles. The van der Waals surface area contributed by atoms with Gasteiger partial charge in [-0.05, 0) is 25.3 Å². The molecule has 2 aliphatic rings. The van der Waals surface area contributed by atoms with Crippen LogP contribution in [0.1, 0.15) is 44.2 Å². The SMILES string of the molecule is C[C@@H](c1ccccc1)N1[C@@H]2CC[C@H]1CC(=O)C2. The van der Waals surface area contributed by atoms with E-state index < -0.39 is 0 Å². The minimum atomic E-state index is 0.446. The standard InChI is InChI=1S/C15H19NO/c1-11(12-5-3-2-4-6-12)16-13-7-8-14(16)10-15(17)9-13/h2-6,11,13-14H,7-10H2,1H3/t11-,13-,14+/m0/s1. The van der Waals surface area contributed by atoms with E-state index in [0.29, 0.717) is 23.9 Å². The van der Waals surface area contributed by atoms with Gasteiger partial charge in [0.1, 0.15) is 5.78 Å². The fourth-order valence-electron chi connectivity index (χ4n) is 3.54. The number of Topliss-reactive ketones (excluding diaryl/α,β-unsaturated/α-hetero) is 1. The zero-order chi connectivity index (χ0) is 11.8. The molecule has 17 heavy (non-hydrogen) atoms. The molecular formula is C15H19NO. The van der Waals surface area contributed by atoms with E-state index in [-0.39, 0.29) is 0 Å². The third kappa shape index (κ3) is 1.91. The van der Waals surface area contributed by atoms with Crippen LogP contribution in [0.3, 0.4) is 0 Å². The number of carbonyl (C=O) groups is 1. The molecule has 3 rings (SSSR count). The second-order valence-corrected chi connectivity index (χ2v) is 5.37. The third-order valence-corrected chi connectivity index (χ3v) is 4.33. The first kappa shape index (κ1) is 11.0. The maximum absolute atomic E-state index is 11.6. The number of rotatable bonds is 2. The lowest BCUT2D eigenvalue weighted by molar-refractivity contribution is -0.124. The molecule has 0 saturated carbocycles. The molecule has 0 spiro atoms. The molecule has 2 aliphatic heterocycles. The van der Waals surface area contributed by atoms with E-state index in [1.807, 2.05) is 0 Å². The van der Waals surface area contributed by atoms with Crippen LogP contribution in [0.4, 0.5) is 0 Å². The molecule has 2 nitrogen and oxygen atoms in total. The molecule has 3 atom stereocenters.